The molecule has 0 aromatic heterocycles. The Bertz CT molecular complexity index is 205. The molecule has 0 aromatic rings. The first-order valence-electron chi connectivity index (χ1n) is 8.02. The molecule has 1 saturated carbocycles. The van der Waals surface area contributed by atoms with Gasteiger partial charge in [-0.05, 0) is 49.8 Å². The van der Waals surface area contributed by atoms with Crippen LogP contribution in [0.5, 0.6) is 0 Å². The highest BCUT2D eigenvalue weighted by Crippen LogP contribution is 2.35. The van der Waals surface area contributed by atoms with Crippen LogP contribution in [0.1, 0.15) is 66.2 Å². The zero-order valence-electron chi connectivity index (χ0n) is 12.9. The summed E-state index contributed by atoms with van der Waals surface area (Å²) in [6, 6.07) is 0.779. The molecule has 3 atom stereocenters. The van der Waals surface area contributed by atoms with Gasteiger partial charge in [-0.1, -0.05) is 40.5 Å². The number of hydrogen-bond acceptors (Lipinski definition) is 2. The van der Waals surface area contributed by atoms with Gasteiger partial charge in [0.05, 0.1) is 0 Å². The van der Waals surface area contributed by atoms with Crippen LogP contribution >= 0.6 is 11.8 Å². The minimum Gasteiger partial charge on any atom is -0.313 e. The van der Waals surface area contributed by atoms with Crippen LogP contribution in [0.15, 0.2) is 0 Å². The van der Waals surface area contributed by atoms with E-state index >= 15 is 0 Å². The maximum Gasteiger partial charge on any atom is 0.0203 e. The molecule has 0 radical (unpaired) electrons. The van der Waals surface area contributed by atoms with Crippen LogP contribution in [0.4, 0.5) is 0 Å². The maximum atomic E-state index is 3.79. The number of nitrogens with one attached hydrogen (secondary N) is 1. The Kier molecular flexibility index (Phi) is 8.41. The summed E-state index contributed by atoms with van der Waals surface area (Å²) in [5, 5.41) is 4.65. The fourth-order valence-corrected chi connectivity index (χ4v) is 4.45. The van der Waals surface area contributed by atoms with E-state index in [-0.39, 0.29) is 0 Å². The van der Waals surface area contributed by atoms with Crippen LogP contribution in [0.2, 0.25) is 0 Å². The second-order valence-corrected chi connectivity index (χ2v) is 7.57. The molecule has 1 nitrogen and oxygen atoms in total. The second-order valence-electron chi connectivity index (χ2n) is 6.29. The van der Waals surface area contributed by atoms with Gasteiger partial charge >= 0.3 is 0 Å². The molecular formula is C16H33NS. The number of rotatable bonds is 8. The van der Waals surface area contributed by atoms with Crippen molar-refractivity contribution in [1.29, 1.82) is 0 Å². The summed E-state index contributed by atoms with van der Waals surface area (Å²) in [6.45, 7) is 10.5. The van der Waals surface area contributed by atoms with E-state index in [9.17, 15) is 0 Å². The third-order valence-corrected chi connectivity index (χ3v) is 5.71. The Labute approximate surface area is 119 Å². The molecule has 2 heteroatoms. The van der Waals surface area contributed by atoms with Gasteiger partial charge in [-0.3, -0.25) is 0 Å². The summed E-state index contributed by atoms with van der Waals surface area (Å²) in [5.74, 6) is 3.15. The molecule has 0 aliphatic heterocycles. The average Bonchev–Trinajstić information content (AvgIpc) is 2.35. The van der Waals surface area contributed by atoms with E-state index in [0.717, 1.165) is 23.1 Å². The van der Waals surface area contributed by atoms with Crippen molar-refractivity contribution >= 4 is 11.8 Å². The number of thioether (sulfide) groups is 1. The van der Waals surface area contributed by atoms with Crippen molar-refractivity contribution in [2.45, 2.75) is 77.5 Å². The third-order valence-electron chi connectivity index (χ3n) is 3.90. The summed E-state index contributed by atoms with van der Waals surface area (Å²) in [6.07, 6.45) is 8.37. The van der Waals surface area contributed by atoms with Gasteiger partial charge in [-0.15, -0.1) is 0 Å². The standard InChI is InChI=1S/C16H33NS/c1-5-7-14-8-9-15(17-10-6-2)16(11-14)18-12-13(3)4/h13-17H,5-12H2,1-4H3. The zero-order chi connectivity index (χ0) is 13.4. The van der Waals surface area contributed by atoms with Crippen molar-refractivity contribution < 1.29 is 0 Å². The predicted molar refractivity (Wildman–Crippen MR) is 85.4 cm³/mol. The first-order valence-corrected chi connectivity index (χ1v) is 9.07. The zero-order valence-corrected chi connectivity index (χ0v) is 13.7. The highest BCUT2D eigenvalue weighted by atomic mass is 32.2. The Morgan fingerprint density at radius 1 is 1.17 bits per heavy atom. The first-order chi connectivity index (χ1) is 8.67. The summed E-state index contributed by atoms with van der Waals surface area (Å²) in [7, 11) is 0. The van der Waals surface area contributed by atoms with Crippen molar-refractivity contribution in [3.63, 3.8) is 0 Å². The molecule has 0 amide bonds. The molecule has 3 unspecified atom stereocenters. The van der Waals surface area contributed by atoms with Gasteiger partial charge in [-0.25, -0.2) is 0 Å². The molecule has 108 valence electrons. The fourth-order valence-electron chi connectivity index (χ4n) is 2.95. The molecule has 0 spiro atoms. The van der Waals surface area contributed by atoms with E-state index in [1.165, 1.54) is 50.8 Å². The van der Waals surface area contributed by atoms with Gasteiger partial charge in [0.25, 0.3) is 0 Å². The molecule has 18 heavy (non-hydrogen) atoms. The van der Waals surface area contributed by atoms with Crippen LogP contribution in [0, 0.1) is 11.8 Å². The molecule has 0 bridgehead atoms. The Balaban J connectivity index is 2.43. The van der Waals surface area contributed by atoms with Gasteiger partial charge in [0, 0.05) is 11.3 Å². The molecule has 0 heterocycles. The Hall–Kier alpha value is 0.310. The van der Waals surface area contributed by atoms with Gasteiger partial charge < -0.3 is 5.32 Å². The quantitative estimate of drug-likeness (QED) is 0.686. The van der Waals surface area contributed by atoms with Crippen molar-refractivity contribution in [2.75, 3.05) is 12.3 Å². The smallest absolute Gasteiger partial charge is 0.0203 e. The minimum absolute atomic E-state index is 0.779. The molecule has 0 aromatic carbocycles. The lowest BCUT2D eigenvalue weighted by Gasteiger charge is -2.37. The average molecular weight is 272 g/mol. The second kappa shape index (κ2) is 9.25. The minimum atomic E-state index is 0.779. The third kappa shape index (κ3) is 5.97. The number of hydrogen-bond donors (Lipinski definition) is 1. The van der Waals surface area contributed by atoms with Gasteiger partial charge in [0.1, 0.15) is 0 Å². The molecular weight excluding hydrogens is 238 g/mol. The highest BCUT2D eigenvalue weighted by molar-refractivity contribution is 7.99. The monoisotopic (exact) mass is 271 g/mol. The molecule has 1 N–H and O–H groups in total. The largest absolute Gasteiger partial charge is 0.313 e. The van der Waals surface area contributed by atoms with Crippen LogP contribution < -0.4 is 5.32 Å². The lowest BCUT2D eigenvalue weighted by atomic mass is 9.83. The van der Waals surface area contributed by atoms with Crippen LogP contribution in [0.25, 0.3) is 0 Å². The summed E-state index contributed by atoms with van der Waals surface area (Å²) in [4.78, 5) is 0. The summed E-state index contributed by atoms with van der Waals surface area (Å²) < 4.78 is 0. The first kappa shape index (κ1) is 16.4. The predicted octanol–water partition coefficient (Wildman–Crippen LogP) is 4.71. The van der Waals surface area contributed by atoms with Crippen LogP contribution in [0.3, 0.4) is 0 Å². The lowest BCUT2D eigenvalue weighted by molar-refractivity contribution is 0.287. The van der Waals surface area contributed by atoms with Crippen molar-refractivity contribution in [3.05, 3.63) is 0 Å². The van der Waals surface area contributed by atoms with Crippen LogP contribution in [-0.2, 0) is 0 Å². The van der Waals surface area contributed by atoms with E-state index in [1.54, 1.807) is 0 Å². The molecule has 1 aliphatic carbocycles. The molecule has 0 saturated heterocycles. The van der Waals surface area contributed by atoms with E-state index < -0.39 is 0 Å². The SMILES string of the molecule is CCCNC1CCC(CCC)CC1SCC(C)C. The fraction of sp³-hybridized carbons (Fsp3) is 1.00. The normalized spacial score (nSPS) is 28.8. The van der Waals surface area contributed by atoms with E-state index in [4.69, 9.17) is 0 Å². The van der Waals surface area contributed by atoms with Gasteiger partial charge in [-0.2, -0.15) is 11.8 Å². The van der Waals surface area contributed by atoms with Crippen molar-refractivity contribution in [1.82, 2.24) is 5.32 Å². The lowest BCUT2D eigenvalue weighted by Crippen LogP contribution is -2.43. The Morgan fingerprint density at radius 2 is 1.94 bits per heavy atom. The summed E-state index contributed by atoms with van der Waals surface area (Å²) >= 11 is 2.23. The Morgan fingerprint density at radius 3 is 2.56 bits per heavy atom. The van der Waals surface area contributed by atoms with Crippen molar-refractivity contribution in [2.24, 2.45) is 11.8 Å². The highest BCUT2D eigenvalue weighted by Gasteiger charge is 2.29. The molecule has 1 rings (SSSR count). The van der Waals surface area contributed by atoms with Gasteiger partial charge in [0.15, 0.2) is 0 Å². The summed E-state index contributed by atoms with van der Waals surface area (Å²) in [5.41, 5.74) is 0. The van der Waals surface area contributed by atoms with E-state index in [2.05, 4.69) is 44.8 Å². The van der Waals surface area contributed by atoms with E-state index in [1.807, 2.05) is 0 Å². The van der Waals surface area contributed by atoms with Crippen LogP contribution in [-0.4, -0.2) is 23.6 Å². The molecule has 1 fully saturated rings. The molecule has 1 aliphatic rings. The van der Waals surface area contributed by atoms with E-state index in [0.29, 0.717) is 0 Å². The maximum absolute atomic E-state index is 3.79. The van der Waals surface area contributed by atoms with Crippen molar-refractivity contribution in [3.8, 4) is 0 Å². The topological polar surface area (TPSA) is 12.0 Å². The van der Waals surface area contributed by atoms with Gasteiger partial charge in [0.2, 0.25) is 0 Å².